The van der Waals surface area contributed by atoms with E-state index in [0.717, 1.165) is 58.4 Å². The Balaban J connectivity index is 1.66. The quantitative estimate of drug-likeness (QED) is 0.797. The van der Waals surface area contributed by atoms with Crippen LogP contribution in [0.5, 0.6) is 0 Å². The number of thiophene rings is 1. The molecular formula is C16H23ClN2OS. The molecule has 1 saturated heterocycles. The maximum Gasteiger partial charge on any atom is 0.230 e. The molecule has 1 aromatic rings. The van der Waals surface area contributed by atoms with Crippen molar-refractivity contribution in [1.29, 1.82) is 0 Å². The maximum absolute atomic E-state index is 12.9. The number of rotatable bonds is 3. The predicted molar refractivity (Wildman–Crippen MR) is 88.4 cm³/mol. The molecule has 1 aromatic heterocycles. The summed E-state index contributed by atoms with van der Waals surface area (Å²) in [5, 5.41) is 2.14. The van der Waals surface area contributed by atoms with E-state index >= 15 is 0 Å². The molecule has 1 aliphatic heterocycles. The molecule has 1 aliphatic carbocycles. The van der Waals surface area contributed by atoms with E-state index in [-0.39, 0.29) is 5.92 Å². The largest absolute Gasteiger partial charge is 0.341 e. The van der Waals surface area contributed by atoms with Gasteiger partial charge < -0.3 is 9.80 Å². The van der Waals surface area contributed by atoms with E-state index in [1.165, 1.54) is 10.4 Å². The van der Waals surface area contributed by atoms with Crippen molar-refractivity contribution in [3.8, 4) is 0 Å². The van der Waals surface area contributed by atoms with Gasteiger partial charge >= 0.3 is 0 Å². The fourth-order valence-corrected chi connectivity index (χ4v) is 4.72. The summed E-state index contributed by atoms with van der Waals surface area (Å²) in [6, 6.07) is 2.17. The number of hydrogen-bond acceptors (Lipinski definition) is 3. The highest BCUT2D eigenvalue weighted by atomic mass is 35.5. The minimum Gasteiger partial charge on any atom is -0.341 e. The zero-order valence-corrected chi connectivity index (χ0v) is 14.0. The maximum atomic E-state index is 12.9. The third kappa shape index (κ3) is 3.43. The van der Waals surface area contributed by atoms with Gasteiger partial charge in [0, 0.05) is 36.9 Å². The van der Waals surface area contributed by atoms with Gasteiger partial charge in [0.25, 0.3) is 0 Å². The number of carbonyl (C=O) groups excluding carboxylic acids is 1. The number of halogens is 1. The molecule has 0 N–H and O–H groups in total. The molecule has 0 radical (unpaired) electrons. The van der Waals surface area contributed by atoms with Crippen LogP contribution in [-0.2, 0) is 11.2 Å². The molecule has 21 heavy (non-hydrogen) atoms. The van der Waals surface area contributed by atoms with Gasteiger partial charge in [0.2, 0.25) is 5.91 Å². The van der Waals surface area contributed by atoms with Crippen molar-refractivity contribution in [2.45, 2.75) is 31.6 Å². The summed E-state index contributed by atoms with van der Waals surface area (Å²) in [7, 11) is 0. The van der Waals surface area contributed by atoms with Gasteiger partial charge in [-0.3, -0.25) is 4.79 Å². The molecule has 1 unspecified atom stereocenters. The van der Waals surface area contributed by atoms with E-state index in [1.54, 1.807) is 0 Å². The number of nitrogens with zero attached hydrogens (tertiary/aromatic N) is 2. The molecule has 1 amide bonds. The predicted octanol–water partition coefficient (Wildman–Crippen LogP) is 2.94. The highest BCUT2D eigenvalue weighted by Crippen LogP contribution is 2.36. The van der Waals surface area contributed by atoms with Crippen LogP contribution in [0.3, 0.4) is 0 Å². The molecule has 0 spiro atoms. The molecule has 116 valence electrons. The van der Waals surface area contributed by atoms with Crippen molar-refractivity contribution in [3.63, 3.8) is 0 Å². The first kappa shape index (κ1) is 15.3. The van der Waals surface area contributed by atoms with Crippen LogP contribution in [0.1, 0.15) is 35.6 Å². The molecular weight excluding hydrogens is 304 g/mol. The van der Waals surface area contributed by atoms with Crippen LogP contribution >= 0.6 is 22.9 Å². The third-order valence-electron chi connectivity index (χ3n) is 4.65. The lowest BCUT2D eigenvalue weighted by molar-refractivity contribution is -0.133. The number of fused-ring (bicyclic) bond motifs is 1. The van der Waals surface area contributed by atoms with Crippen LogP contribution in [0, 0.1) is 0 Å². The summed E-state index contributed by atoms with van der Waals surface area (Å²) >= 11 is 7.64. The van der Waals surface area contributed by atoms with Gasteiger partial charge in [0.1, 0.15) is 0 Å². The van der Waals surface area contributed by atoms with Gasteiger partial charge in [-0.15, -0.1) is 22.9 Å². The lowest BCUT2D eigenvalue weighted by Gasteiger charge is -2.29. The Labute approximate surface area is 135 Å². The number of amides is 1. The normalized spacial score (nSPS) is 23.7. The Morgan fingerprint density at radius 3 is 3.05 bits per heavy atom. The lowest BCUT2D eigenvalue weighted by atomic mass is 9.86. The van der Waals surface area contributed by atoms with Crippen molar-refractivity contribution in [3.05, 3.63) is 21.9 Å². The fraction of sp³-hybridized carbons (Fsp3) is 0.688. The SMILES string of the molecule is O=C(C1CCCc2sccc21)N1CCCN(CCCl)CC1. The van der Waals surface area contributed by atoms with Crippen LogP contribution in [0.4, 0.5) is 0 Å². The van der Waals surface area contributed by atoms with Gasteiger partial charge in [0.05, 0.1) is 5.92 Å². The highest BCUT2D eigenvalue weighted by Gasteiger charge is 2.31. The zero-order chi connectivity index (χ0) is 14.7. The topological polar surface area (TPSA) is 23.6 Å². The van der Waals surface area contributed by atoms with Gasteiger partial charge in [-0.25, -0.2) is 0 Å². The van der Waals surface area contributed by atoms with Gasteiger partial charge in [-0.2, -0.15) is 0 Å². The van der Waals surface area contributed by atoms with Crippen LogP contribution in [-0.4, -0.2) is 54.3 Å². The number of carbonyl (C=O) groups is 1. The van der Waals surface area contributed by atoms with Crippen LogP contribution in [0.2, 0.25) is 0 Å². The molecule has 3 rings (SSSR count). The monoisotopic (exact) mass is 326 g/mol. The number of hydrogen-bond donors (Lipinski definition) is 0. The Morgan fingerprint density at radius 1 is 1.29 bits per heavy atom. The summed E-state index contributed by atoms with van der Waals surface area (Å²) in [5.74, 6) is 1.14. The molecule has 1 atom stereocenters. The first-order valence-corrected chi connectivity index (χ1v) is 9.34. The molecule has 0 saturated carbocycles. The van der Waals surface area contributed by atoms with Gasteiger partial charge in [0.15, 0.2) is 0 Å². The smallest absolute Gasteiger partial charge is 0.230 e. The van der Waals surface area contributed by atoms with Crippen molar-refractivity contribution >= 4 is 28.8 Å². The highest BCUT2D eigenvalue weighted by molar-refractivity contribution is 7.10. The molecule has 0 aromatic carbocycles. The zero-order valence-electron chi connectivity index (χ0n) is 12.4. The molecule has 0 bridgehead atoms. The Bertz CT molecular complexity index is 490. The minimum atomic E-state index is 0.111. The summed E-state index contributed by atoms with van der Waals surface area (Å²) < 4.78 is 0. The standard InChI is InChI=1S/C16H23ClN2OS/c17-6-9-18-7-2-8-19(11-10-18)16(20)14-3-1-4-15-13(14)5-12-21-15/h5,12,14H,1-4,6-11H2. The first-order chi connectivity index (χ1) is 10.3. The first-order valence-electron chi connectivity index (χ1n) is 7.93. The van der Waals surface area contributed by atoms with Crippen LogP contribution in [0.25, 0.3) is 0 Å². The van der Waals surface area contributed by atoms with Crippen molar-refractivity contribution in [2.75, 3.05) is 38.6 Å². The van der Waals surface area contributed by atoms with E-state index in [0.29, 0.717) is 11.8 Å². The summed E-state index contributed by atoms with van der Waals surface area (Å²) in [4.78, 5) is 18.8. The molecule has 2 heterocycles. The van der Waals surface area contributed by atoms with Crippen LogP contribution < -0.4 is 0 Å². The number of aryl methyl sites for hydroxylation is 1. The van der Waals surface area contributed by atoms with Gasteiger partial charge in [-0.1, -0.05) is 0 Å². The van der Waals surface area contributed by atoms with E-state index in [4.69, 9.17) is 11.6 Å². The second-order valence-corrected chi connectivity index (χ2v) is 7.33. The molecule has 3 nitrogen and oxygen atoms in total. The Hall–Kier alpha value is -0.580. The average molecular weight is 327 g/mol. The van der Waals surface area contributed by atoms with E-state index < -0.39 is 0 Å². The van der Waals surface area contributed by atoms with Crippen molar-refractivity contribution < 1.29 is 4.79 Å². The minimum absolute atomic E-state index is 0.111. The fourth-order valence-electron chi connectivity index (χ4n) is 3.50. The van der Waals surface area contributed by atoms with E-state index in [9.17, 15) is 4.79 Å². The summed E-state index contributed by atoms with van der Waals surface area (Å²) in [5.41, 5.74) is 1.30. The Kier molecular flexibility index (Phi) is 5.19. The molecule has 5 heteroatoms. The second-order valence-electron chi connectivity index (χ2n) is 5.95. The Morgan fingerprint density at radius 2 is 2.19 bits per heavy atom. The number of alkyl halides is 1. The lowest BCUT2D eigenvalue weighted by Crippen LogP contribution is -2.39. The average Bonchev–Trinajstić information content (AvgIpc) is 2.86. The molecule has 1 fully saturated rings. The molecule has 2 aliphatic rings. The third-order valence-corrected chi connectivity index (χ3v) is 5.82. The van der Waals surface area contributed by atoms with E-state index in [1.807, 2.05) is 11.3 Å². The van der Waals surface area contributed by atoms with Gasteiger partial charge in [-0.05, 0) is 49.2 Å². The van der Waals surface area contributed by atoms with Crippen LogP contribution in [0.15, 0.2) is 11.4 Å². The summed E-state index contributed by atoms with van der Waals surface area (Å²) in [6.45, 7) is 4.70. The van der Waals surface area contributed by atoms with E-state index in [2.05, 4.69) is 21.2 Å². The van der Waals surface area contributed by atoms with Crippen molar-refractivity contribution in [2.24, 2.45) is 0 Å². The second kappa shape index (κ2) is 7.12. The van der Waals surface area contributed by atoms with Crippen molar-refractivity contribution in [1.82, 2.24) is 9.80 Å². The summed E-state index contributed by atoms with van der Waals surface area (Å²) in [6.07, 6.45) is 4.38.